The van der Waals surface area contributed by atoms with Crippen LogP contribution in [-0.2, 0) is 9.53 Å². The van der Waals surface area contributed by atoms with E-state index in [4.69, 9.17) is 4.74 Å². The van der Waals surface area contributed by atoms with Crippen LogP contribution in [0.5, 0.6) is 0 Å². The van der Waals surface area contributed by atoms with Gasteiger partial charge in [0.05, 0.1) is 5.92 Å². The zero-order chi connectivity index (χ0) is 12.3. The van der Waals surface area contributed by atoms with Gasteiger partial charge in [-0.2, -0.15) is 0 Å². The van der Waals surface area contributed by atoms with E-state index in [-0.39, 0.29) is 18.0 Å². The van der Waals surface area contributed by atoms with Crippen molar-refractivity contribution in [3.8, 4) is 0 Å². The van der Waals surface area contributed by atoms with E-state index in [2.05, 4.69) is 19.2 Å². The van der Waals surface area contributed by atoms with E-state index >= 15 is 0 Å². The van der Waals surface area contributed by atoms with E-state index in [0.717, 1.165) is 38.8 Å². The highest BCUT2D eigenvalue weighted by Gasteiger charge is 2.29. The number of hydrogen-bond donors (Lipinski definition) is 1. The van der Waals surface area contributed by atoms with Crippen molar-refractivity contribution in [2.45, 2.75) is 52.1 Å². The first-order valence-electron chi connectivity index (χ1n) is 7.06. The van der Waals surface area contributed by atoms with Crippen LogP contribution < -0.4 is 5.32 Å². The van der Waals surface area contributed by atoms with Gasteiger partial charge in [0.1, 0.15) is 6.10 Å². The molecule has 3 heteroatoms. The molecule has 2 aliphatic rings. The fourth-order valence-electron chi connectivity index (χ4n) is 3.28. The minimum atomic E-state index is 0.0310. The minimum absolute atomic E-state index is 0.0310. The highest BCUT2D eigenvalue weighted by atomic mass is 16.5. The lowest BCUT2D eigenvalue weighted by atomic mass is 9.81. The van der Waals surface area contributed by atoms with Gasteiger partial charge in [-0.1, -0.05) is 13.8 Å². The molecule has 0 aromatic rings. The van der Waals surface area contributed by atoms with Crippen molar-refractivity contribution in [3.05, 3.63) is 0 Å². The number of ether oxygens (including phenoxy) is 1. The van der Waals surface area contributed by atoms with Gasteiger partial charge in [-0.15, -0.1) is 0 Å². The Hall–Kier alpha value is -0.570. The molecule has 2 fully saturated rings. The summed E-state index contributed by atoms with van der Waals surface area (Å²) in [5, 5.41) is 3.27. The molecule has 3 atom stereocenters. The van der Waals surface area contributed by atoms with Crippen LogP contribution in [0.15, 0.2) is 0 Å². The highest BCUT2D eigenvalue weighted by Crippen LogP contribution is 2.31. The summed E-state index contributed by atoms with van der Waals surface area (Å²) in [5.74, 6) is 1.52. The fourth-order valence-corrected chi connectivity index (χ4v) is 3.28. The van der Waals surface area contributed by atoms with Gasteiger partial charge >= 0.3 is 5.97 Å². The smallest absolute Gasteiger partial charge is 0.310 e. The Balaban J connectivity index is 1.80. The number of esters is 1. The number of hydrogen-bond acceptors (Lipinski definition) is 3. The predicted molar refractivity (Wildman–Crippen MR) is 67.7 cm³/mol. The number of carbonyl (C=O) groups is 1. The first-order valence-corrected chi connectivity index (χ1v) is 7.06. The number of nitrogens with one attached hydrogen (secondary N) is 1. The van der Waals surface area contributed by atoms with Gasteiger partial charge in [0.15, 0.2) is 0 Å². The van der Waals surface area contributed by atoms with Crippen molar-refractivity contribution in [2.75, 3.05) is 13.1 Å². The van der Waals surface area contributed by atoms with Gasteiger partial charge in [-0.3, -0.25) is 4.79 Å². The van der Waals surface area contributed by atoms with E-state index in [1.54, 1.807) is 0 Å². The van der Waals surface area contributed by atoms with Crippen LogP contribution in [0.4, 0.5) is 0 Å². The van der Waals surface area contributed by atoms with Crippen LogP contribution in [0.1, 0.15) is 46.0 Å². The standard InChI is InChI=1S/C14H25NO2/c1-10-6-11(2)8-13(7-10)17-14(16)12-4-3-5-15-9-12/h10-13,15H,3-9H2,1-2H3. The van der Waals surface area contributed by atoms with Crippen LogP contribution in [0.2, 0.25) is 0 Å². The third kappa shape index (κ3) is 3.70. The molecule has 0 bridgehead atoms. The maximum absolute atomic E-state index is 12.0. The third-order valence-corrected chi connectivity index (χ3v) is 4.05. The molecule has 2 rings (SSSR count). The summed E-state index contributed by atoms with van der Waals surface area (Å²) >= 11 is 0. The lowest BCUT2D eigenvalue weighted by molar-refractivity contribution is -0.157. The molecular formula is C14H25NO2. The van der Waals surface area contributed by atoms with Crippen molar-refractivity contribution < 1.29 is 9.53 Å². The molecule has 98 valence electrons. The van der Waals surface area contributed by atoms with E-state index < -0.39 is 0 Å². The average molecular weight is 239 g/mol. The summed E-state index contributed by atoms with van der Waals surface area (Å²) < 4.78 is 5.69. The van der Waals surface area contributed by atoms with Crippen LogP contribution in [0, 0.1) is 17.8 Å². The monoisotopic (exact) mass is 239 g/mol. The Morgan fingerprint density at radius 1 is 1.18 bits per heavy atom. The first kappa shape index (κ1) is 12.9. The summed E-state index contributed by atoms with van der Waals surface area (Å²) in [6.45, 7) is 6.37. The second-order valence-electron chi connectivity index (χ2n) is 6.02. The zero-order valence-corrected chi connectivity index (χ0v) is 11.1. The van der Waals surface area contributed by atoms with Gasteiger partial charge in [0.25, 0.3) is 0 Å². The van der Waals surface area contributed by atoms with Crippen LogP contribution >= 0.6 is 0 Å². The van der Waals surface area contributed by atoms with Crippen molar-refractivity contribution >= 4 is 5.97 Å². The molecule has 1 heterocycles. The first-order chi connectivity index (χ1) is 8.15. The molecule has 1 saturated carbocycles. The van der Waals surface area contributed by atoms with E-state index in [0.29, 0.717) is 11.8 Å². The second-order valence-corrected chi connectivity index (χ2v) is 6.02. The summed E-state index contributed by atoms with van der Waals surface area (Å²) in [4.78, 5) is 12.0. The Kier molecular flexibility index (Phi) is 4.43. The summed E-state index contributed by atoms with van der Waals surface area (Å²) in [5.41, 5.74) is 0. The number of piperidine rings is 1. The fraction of sp³-hybridized carbons (Fsp3) is 0.929. The van der Waals surface area contributed by atoms with Gasteiger partial charge < -0.3 is 10.1 Å². The average Bonchev–Trinajstić information content (AvgIpc) is 2.28. The minimum Gasteiger partial charge on any atom is -0.462 e. The van der Waals surface area contributed by atoms with Crippen LogP contribution in [0.25, 0.3) is 0 Å². The molecular weight excluding hydrogens is 214 g/mol. The predicted octanol–water partition coefficient (Wildman–Crippen LogP) is 2.35. The maximum atomic E-state index is 12.0. The van der Waals surface area contributed by atoms with E-state index in [9.17, 15) is 4.79 Å². The molecule has 1 saturated heterocycles. The number of carbonyl (C=O) groups excluding carboxylic acids is 1. The van der Waals surface area contributed by atoms with Gasteiger partial charge in [0, 0.05) is 6.54 Å². The lowest BCUT2D eigenvalue weighted by Gasteiger charge is -2.32. The molecule has 0 aromatic carbocycles. The second kappa shape index (κ2) is 5.85. The van der Waals surface area contributed by atoms with Crippen LogP contribution in [-0.4, -0.2) is 25.2 Å². The van der Waals surface area contributed by atoms with Crippen molar-refractivity contribution in [3.63, 3.8) is 0 Å². The summed E-state index contributed by atoms with van der Waals surface area (Å²) in [6.07, 6.45) is 5.63. The van der Waals surface area contributed by atoms with Crippen molar-refractivity contribution in [1.29, 1.82) is 0 Å². The molecule has 0 aromatic heterocycles. The molecule has 0 amide bonds. The van der Waals surface area contributed by atoms with E-state index in [1.807, 2.05) is 0 Å². The molecule has 1 aliphatic carbocycles. The SMILES string of the molecule is CC1CC(C)CC(OC(=O)C2CCCNC2)C1. The molecule has 0 spiro atoms. The summed E-state index contributed by atoms with van der Waals surface area (Å²) in [6, 6.07) is 0. The zero-order valence-electron chi connectivity index (χ0n) is 11.1. The molecule has 1 N–H and O–H groups in total. The van der Waals surface area contributed by atoms with Crippen molar-refractivity contribution in [2.24, 2.45) is 17.8 Å². The Labute approximate surface area is 104 Å². The molecule has 3 nitrogen and oxygen atoms in total. The topological polar surface area (TPSA) is 38.3 Å². The largest absolute Gasteiger partial charge is 0.462 e. The van der Waals surface area contributed by atoms with Gasteiger partial charge in [-0.05, 0) is 50.5 Å². The molecule has 0 radical (unpaired) electrons. The Morgan fingerprint density at radius 2 is 1.88 bits per heavy atom. The normalized spacial score (nSPS) is 38.7. The molecule has 17 heavy (non-hydrogen) atoms. The highest BCUT2D eigenvalue weighted by molar-refractivity contribution is 5.73. The summed E-state index contributed by atoms with van der Waals surface area (Å²) in [7, 11) is 0. The van der Waals surface area contributed by atoms with Gasteiger partial charge in [0.2, 0.25) is 0 Å². The Morgan fingerprint density at radius 3 is 2.47 bits per heavy atom. The number of rotatable bonds is 2. The quantitative estimate of drug-likeness (QED) is 0.752. The van der Waals surface area contributed by atoms with Gasteiger partial charge in [-0.25, -0.2) is 0 Å². The third-order valence-electron chi connectivity index (χ3n) is 4.05. The van der Waals surface area contributed by atoms with Crippen molar-refractivity contribution in [1.82, 2.24) is 5.32 Å². The van der Waals surface area contributed by atoms with E-state index in [1.165, 1.54) is 6.42 Å². The molecule has 1 aliphatic heterocycles. The lowest BCUT2D eigenvalue weighted by Crippen LogP contribution is -2.38. The Bertz CT molecular complexity index is 251. The van der Waals surface area contributed by atoms with Crippen LogP contribution in [0.3, 0.4) is 0 Å². The maximum Gasteiger partial charge on any atom is 0.310 e. The molecule has 3 unspecified atom stereocenters.